The molecule has 0 radical (unpaired) electrons. The predicted octanol–water partition coefficient (Wildman–Crippen LogP) is 4.29. The molecule has 4 rings (SSSR count). The van der Waals surface area contributed by atoms with Crippen LogP contribution in [0.4, 0.5) is 5.69 Å². The fourth-order valence-corrected chi connectivity index (χ4v) is 2.78. The molecule has 0 N–H and O–H groups in total. The number of allylic oxidation sites excluding steroid dienone is 1. The van der Waals surface area contributed by atoms with E-state index in [2.05, 4.69) is 56.3 Å². The molecule has 2 aromatic rings. The summed E-state index contributed by atoms with van der Waals surface area (Å²) in [5.74, 6) is 0. The molecule has 0 saturated carbocycles. The van der Waals surface area contributed by atoms with Gasteiger partial charge in [0.15, 0.2) is 0 Å². The average Bonchev–Trinajstić information content (AvgIpc) is 2.86. The van der Waals surface area contributed by atoms with Crippen molar-refractivity contribution in [3.63, 3.8) is 0 Å². The topological polar surface area (TPSA) is 12.4 Å². The van der Waals surface area contributed by atoms with Crippen LogP contribution < -0.4 is 0 Å². The van der Waals surface area contributed by atoms with Gasteiger partial charge in [-0.05, 0) is 43.7 Å². The quantitative estimate of drug-likeness (QED) is 0.641. The summed E-state index contributed by atoms with van der Waals surface area (Å²) in [6, 6.07) is 13.1. The van der Waals surface area contributed by atoms with Crippen molar-refractivity contribution in [2.45, 2.75) is 13.8 Å². The van der Waals surface area contributed by atoms with Gasteiger partial charge in [-0.25, -0.2) is 4.99 Å². The second-order valence-corrected chi connectivity index (χ2v) is 5.13. The number of rotatable bonds is 0. The van der Waals surface area contributed by atoms with Crippen LogP contribution in [-0.2, 0) is 0 Å². The monoisotopic (exact) mass is 231 g/mol. The molecule has 1 heterocycles. The van der Waals surface area contributed by atoms with Crippen molar-refractivity contribution in [3.05, 3.63) is 64.2 Å². The van der Waals surface area contributed by atoms with Crippen LogP contribution in [0.2, 0.25) is 0 Å². The second kappa shape index (κ2) is 3.20. The first kappa shape index (κ1) is 9.84. The third-order valence-electron chi connectivity index (χ3n) is 3.69. The zero-order valence-corrected chi connectivity index (χ0v) is 10.5. The minimum Gasteiger partial charge on any atom is -0.247 e. The molecule has 86 valence electrons. The third kappa shape index (κ3) is 1.19. The molecule has 1 aliphatic heterocycles. The standard InChI is InChI=1S/C17H13N/c1-10-3-5-12-9-15-14-8-11(2)4-6-16(14)18-17(15)13(12)7-10/h3-9H,1-2H3. The summed E-state index contributed by atoms with van der Waals surface area (Å²) in [4.78, 5) is 4.79. The number of hydrogen-bond acceptors (Lipinski definition) is 1. The Morgan fingerprint density at radius 2 is 1.56 bits per heavy atom. The Morgan fingerprint density at radius 3 is 2.39 bits per heavy atom. The second-order valence-electron chi connectivity index (χ2n) is 5.13. The minimum absolute atomic E-state index is 1.11. The van der Waals surface area contributed by atoms with Gasteiger partial charge in [-0.15, -0.1) is 0 Å². The summed E-state index contributed by atoms with van der Waals surface area (Å²) in [6.45, 7) is 4.26. The summed E-state index contributed by atoms with van der Waals surface area (Å²) in [7, 11) is 0. The molecule has 1 aliphatic carbocycles. The van der Waals surface area contributed by atoms with Crippen molar-refractivity contribution in [1.29, 1.82) is 0 Å². The lowest BCUT2D eigenvalue weighted by Gasteiger charge is -2.00. The molecule has 0 bridgehead atoms. The van der Waals surface area contributed by atoms with Crippen molar-refractivity contribution < 1.29 is 0 Å². The number of benzene rings is 2. The summed E-state index contributed by atoms with van der Waals surface area (Å²) >= 11 is 0. The molecule has 0 atom stereocenters. The summed E-state index contributed by atoms with van der Waals surface area (Å²) in [5, 5.41) is 0. The number of hydrogen-bond donors (Lipinski definition) is 0. The average molecular weight is 231 g/mol. The largest absolute Gasteiger partial charge is 0.247 e. The maximum Gasteiger partial charge on any atom is 0.0794 e. The lowest BCUT2D eigenvalue weighted by Crippen LogP contribution is -1.95. The first-order valence-electron chi connectivity index (χ1n) is 6.25. The van der Waals surface area contributed by atoms with E-state index in [9.17, 15) is 0 Å². The maximum atomic E-state index is 4.79. The summed E-state index contributed by atoms with van der Waals surface area (Å²) < 4.78 is 0. The lowest BCUT2D eigenvalue weighted by atomic mass is 10.0. The molecular formula is C17H13N. The minimum atomic E-state index is 1.11. The van der Waals surface area contributed by atoms with Gasteiger partial charge in [-0.2, -0.15) is 0 Å². The highest BCUT2D eigenvalue weighted by molar-refractivity contribution is 6.43. The van der Waals surface area contributed by atoms with Crippen LogP contribution in [-0.4, -0.2) is 5.71 Å². The Kier molecular flexibility index (Phi) is 1.75. The van der Waals surface area contributed by atoms with Crippen molar-refractivity contribution in [2.75, 3.05) is 0 Å². The molecule has 0 unspecified atom stereocenters. The van der Waals surface area contributed by atoms with Crippen molar-refractivity contribution in [2.24, 2.45) is 4.99 Å². The van der Waals surface area contributed by atoms with E-state index in [0.717, 1.165) is 11.4 Å². The van der Waals surface area contributed by atoms with Crippen LogP contribution >= 0.6 is 0 Å². The van der Waals surface area contributed by atoms with Gasteiger partial charge in [-0.3, -0.25) is 0 Å². The normalized spacial score (nSPS) is 14.8. The zero-order valence-electron chi connectivity index (χ0n) is 10.5. The molecule has 2 aliphatic rings. The smallest absolute Gasteiger partial charge is 0.0794 e. The van der Waals surface area contributed by atoms with E-state index < -0.39 is 0 Å². The molecule has 1 nitrogen and oxygen atoms in total. The molecule has 0 spiro atoms. The van der Waals surface area contributed by atoms with E-state index in [1.807, 2.05) is 0 Å². The third-order valence-corrected chi connectivity index (χ3v) is 3.69. The van der Waals surface area contributed by atoms with Gasteiger partial charge in [0, 0.05) is 16.7 Å². The van der Waals surface area contributed by atoms with E-state index in [0.29, 0.717) is 0 Å². The molecule has 0 amide bonds. The molecule has 0 aromatic heterocycles. The fraction of sp³-hybridized carbons (Fsp3) is 0.118. The Morgan fingerprint density at radius 1 is 0.833 bits per heavy atom. The Bertz CT molecular complexity index is 683. The Hall–Kier alpha value is -2.15. The van der Waals surface area contributed by atoms with Gasteiger partial charge >= 0.3 is 0 Å². The first-order valence-corrected chi connectivity index (χ1v) is 6.25. The number of aliphatic imine (C=N–C) groups is 1. The van der Waals surface area contributed by atoms with E-state index in [-0.39, 0.29) is 0 Å². The molecular weight excluding hydrogens is 218 g/mol. The van der Waals surface area contributed by atoms with Crippen LogP contribution in [0, 0.1) is 13.8 Å². The number of nitrogens with zero attached hydrogens (tertiary/aromatic N) is 1. The molecule has 0 saturated heterocycles. The number of fused-ring (bicyclic) bond motifs is 5. The van der Waals surface area contributed by atoms with Gasteiger partial charge < -0.3 is 0 Å². The van der Waals surface area contributed by atoms with Crippen molar-refractivity contribution in [1.82, 2.24) is 0 Å². The van der Waals surface area contributed by atoms with Crippen LogP contribution in [0.1, 0.15) is 27.8 Å². The van der Waals surface area contributed by atoms with Gasteiger partial charge in [0.2, 0.25) is 0 Å². The summed E-state index contributed by atoms with van der Waals surface area (Å²) in [5.41, 5.74) is 9.97. The lowest BCUT2D eigenvalue weighted by molar-refractivity contribution is 1.42. The highest BCUT2D eigenvalue weighted by Gasteiger charge is 2.28. The van der Waals surface area contributed by atoms with Gasteiger partial charge in [-0.1, -0.05) is 29.3 Å². The van der Waals surface area contributed by atoms with Crippen LogP contribution in [0.25, 0.3) is 11.6 Å². The SMILES string of the molecule is Cc1ccc2c(c1)C1=Nc3ccc(C)cc3C1=C2. The highest BCUT2D eigenvalue weighted by atomic mass is 14.8. The van der Waals surface area contributed by atoms with E-state index in [4.69, 9.17) is 4.99 Å². The van der Waals surface area contributed by atoms with E-state index in [1.165, 1.54) is 33.4 Å². The maximum absolute atomic E-state index is 4.79. The highest BCUT2D eigenvalue weighted by Crippen LogP contribution is 2.43. The predicted molar refractivity (Wildman–Crippen MR) is 76.4 cm³/mol. The number of aryl methyl sites for hydroxylation is 2. The van der Waals surface area contributed by atoms with Gasteiger partial charge in [0.25, 0.3) is 0 Å². The van der Waals surface area contributed by atoms with Crippen LogP contribution in [0.3, 0.4) is 0 Å². The van der Waals surface area contributed by atoms with E-state index in [1.54, 1.807) is 0 Å². The fourth-order valence-electron chi connectivity index (χ4n) is 2.78. The van der Waals surface area contributed by atoms with Crippen LogP contribution in [0.5, 0.6) is 0 Å². The van der Waals surface area contributed by atoms with Crippen molar-refractivity contribution >= 4 is 23.0 Å². The van der Waals surface area contributed by atoms with Crippen molar-refractivity contribution in [3.8, 4) is 0 Å². The van der Waals surface area contributed by atoms with Gasteiger partial charge in [0.1, 0.15) is 0 Å². The molecule has 1 heteroatoms. The molecule has 0 fully saturated rings. The Labute approximate surface area is 107 Å². The first-order chi connectivity index (χ1) is 8.72. The summed E-state index contributed by atoms with van der Waals surface area (Å²) in [6.07, 6.45) is 2.26. The Balaban J connectivity index is 1.97. The van der Waals surface area contributed by atoms with E-state index >= 15 is 0 Å². The van der Waals surface area contributed by atoms with Gasteiger partial charge in [0.05, 0.1) is 11.4 Å². The zero-order chi connectivity index (χ0) is 12.3. The van der Waals surface area contributed by atoms with Crippen LogP contribution in [0.15, 0.2) is 41.4 Å². The molecule has 18 heavy (non-hydrogen) atoms. The molecule has 2 aromatic carbocycles.